The highest BCUT2D eigenvalue weighted by atomic mass is 79.9. The van der Waals surface area contributed by atoms with Gasteiger partial charge in [0.05, 0.1) is 5.02 Å². The first-order chi connectivity index (χ1) is 14.3. The maximum Gasteiger partial charge on any atom is 0.433 e. The van der Waals surface area contributed by atoms with Crippen molar-refractivity contribution in [3.8, 4) is 5.75 Å². The van der Waals surface area contributed by atoms with Crippen LogP contribution in [0.4, 0.5) is 46.5 Å². The first-order valence-electron chi connectivity index (χ1n) is 8.41. The van der Waals surface area contributed by atoms with Crippen molar-refractivity contribution in [1.82, 2.24) is 0 Å². The van der Waals surface area contributed by atoms with Gasteiger partial charge in [-0.3, -0.25) is 0 Å². The van der Waals surface area contributed by atoms with Crippen molar-refractivity contribution in [1.29, 1.82) is 0 Å². The van der Waals surface area contributed by atoms with Crippen LogP contribution in [0.2, 0.25) is 5.02 Å². The molecule has 0 aliphatic carbocycles. The van der Waals surface area contributed by atoms with Crippen molar-refractivity contribution in [2.45, 2.75) is 23.3 Å². The van der Waals surface area contributed by atoms with Crippen molar-refractivity contribution in [3.63, 3.8) is 0 Å². The highest BCUT2D eigenvalue weighted by molar-refractivity contribution is 9.10. The molecule has 168 valence electrons. The van der Waals surface area contributed by atoms with Gasteiger partial charge in [0.15, 0.2) is 5.75 Å². The molecule has 31 heavy (non-hydrogen) atoms. The molecule has 3 rings (SSSR count). The number of alkyl halides is 9. The number of ether oxygens (including phenoxy) is 1. The van der Waals surface area contributed by atoms with Crippen LogP contribution in [0.15, 0.2) is 42.5 Å². The first kappa shape index (κ1) is 23.6. The fourth-order valence-electron chi connectivity index (χ4n) is 3.18. The Labute approximate surface area is 184 Å². The zero-order valence-electron chi connectivity index (χ0n) is 15.0. The molecule has 2 nitrogen and oxygen atoms in total. The zero-order chi connectivity index (χ0) is 23.2. The number of halogens is 10. The summed E-state index contributed by atoms with van der Waals surface area (Å²) < 4.78 is 113. The molecule has 0 fully saturated rings. The van der Waals surface area contributed by atoms with Gasteiger partial charge in [0.2, 0.25) is 0 Å². The molecule has 0 amide bonds. The van der Waals surface area contributed by atoms with Crippen molar-refractivity contribution in [2.75, 3.05) is 11.4 Å². The molecular weight excluding hydrogens is 526 g/mol. The van der Waals surface area contributed by atoms with E-state index < -0.39 is 39.6 Å². The minimum atomic E-state index is -6.12. The van der Waals surface area contributed by atoms with E-state index in [-0.39, 0.29) is 18.3 Å². The van der Waals surface area contributed by atoms with Gasteiger partial charge >= 0.3 is 23.3 Å². The summed E-state index contributed by atoms with van der Waals surface area (Å²) in [4.78, 5) is -3.80. The minimum absolute atomic E-state index is 0.0460. The van der Waals surface area contributed by atoms with Gasteiger partial charge in [-0.2, -0.15) is 30.7 Å². The van der Waals surface area contributed by atoms with E-state index in [1.54, 1.807) is 36.4 Å². The lowest BCUT2D eigenvalue weighted by atomic mass is 9.94. The molecule has 0 spiro atoms. The standard InChI is InChI=1S/C19H11BrClF8NO/c20-18(25,26)17(24,19(27,28)29)11-8-12(21)15(14(9-11)31-16(22)23)30-7-3-5-10-4-1-2-6-13(10)30/h1-6,8-9,16H,7H2. The van der Waals surface area contributed by atoms with Crippen LogP contribution in [-0.2, 0) is 5.67 Å². The molecule has 1 atom stereocenters. The van der Waals surface area contributed by atoms with Crippen LogP contribution in [0.5, 0.6) is 5.75 Å². The number of hydrogen-bond acceptors (Lipinski definition) is 2. The van der Waals surface area contributed by atoms with Gasteiger partial charge in [0, 0.05) is 17.8 Å². The van der Waals surface area contributed by atoms with E-state index in [0.29, 0.717) is 17.3 Å². The summed E-state index contributed by atoms with van der Waals surface area (Å²) in [5.74, 6) is -0.995. The van der Waals surface area contributed by atoms with Crippen LogP contribution in [-0.4, -0.2) is 24.2 Å². The van der Waals surface area contributed by atoms with Crippen LogP contribution in [0, 0.1) is 0 Å². The maximum atomic E-state index is 14.8. The van der Waals surface area contributed by atoms with Gasteiger partial charge in [0.1, 0.15) is 5.69 Å². The second-order valence-corrected chi connectivity index (χ2v) is 7.81. The van der Waals surface area contributed by atoms with Gasteiger partial charge in [-0.15, -0.1) is 0 Å². The topological polar surface area (TPSA) is 12.5 Å². The molecule has 1 aliphatic heterocycles. The van der Waals surface area contributed by atoms with E-state index >= 15 is 0 Å². The average molecular weight is 537 g/mol. The smallest absolute Gasteiger partial charge is 0.433 e. The van der Waals surface area contributed by atoms with Gasteiger partial charge in [-0.05, 0) is 39.7 Å². The third kappa shape index (κ3) is 4.21. The van der Waals surface area contributed by atoms with E-state index in [1.165, 1.54) is 20.8 Å². The fourth-order valence-corrected chi connectivity index (χ4v) is 3.94. The van der Waals surface area contributed by atoms with Crippen molar-refractivity contribution in [2.24, 2.45) is 0 Å². The fraction of sp³-hybridized carbons (Fsp3) is 0.263. The molecule has 2 aromatic carbocycles. The van der Waals surface area contributed by atoms with Crippen molar-refractivity contribution in [3.05, 3.63) is 58.6 Å². The third-order valence-electron chi connectivity index (χ3n) is 4.51. The van der Waals surface area contributed by atoms with Crippen LogP contribution in [0.3, 0.4) is 0 Å². The number of benzene rings is 2. The van der Waals surface area contributed by atoms with Gasteiger partial charge in [-0.25, -0.2) is 4.39 Å². The predicted octanol–water partition coefficient (Wildman–Crippen LogP) is 7.82. The molecule has 0 bridgehead atoms. The molecular formula is C19H11BrClF8NO. The molecule has 0 aromatic heterocycles. The Balaban J connectivity index is 2.26. The molecule has 1 heterocycles. The summed E-state index contributed by atoms with van der Waals surface area (Å²) in [6.07, 6.45) is -2.79. The van der Waals surface area contributed by atoms with Crippen molar-refractivity contribution >= 4 is 45.0 Å². The second kappa shape index (κ2) is 8.16. The SMILES string of the molecule is FC(F)Oc1cc(C(F)(C(F)(F)F)C(F)(F)Br)cc(Cl)c1N1CC=Cc2ccccc21. The minimum Gasteiger partial charge on any atom is -0.433 e. The van der Waals surface area contributed by atoms with E-state index in [9.17, 15) is 35.1 Å². The van der Waals surface area contributed by atoms with E-state index in [4.69, 9.17) is 11.6 Å². The number of nitrogens with zero attached hydrogens (tertiary/aromatic N) is 1. The van der Waals surface area contributed by atoms with Gasteiger partial charge < -0.3 is 9.64 Å². The molecule has 0 N–H and O–H groups in total. The lowest BCUT2D eigenvalue weighted by Gasteiger charge is -2.34. The Kier molecular flexibility index (Phi) is 6.22. The van der Waals surface area contributed by atoms with Crippen molar-refractivity contribution < 1.29 is 39.9 Å². The summed E-state index contributed by atoms with van der Waals surface area (Å²) in [5, 5.41) is -0.693. The zero-order valence-corrected chi connectivity index (χ0v) is 17.4. The predicted molar refractivity (Wildman–Crippen MR) is 103 cm³/mol. The quantitative estimate of drug-likeness (QED) is 0.285. The molecule has 0 radical (unpaired) electrons. The van der Waals surface area contributed by atoms with Crippen LogP contribution in [0.1, 0.15) is 11.1 Å². The average Bonchev–Trinajstić information content (AvgIpc) is 2.64. The van der Waals surface area contributed by atoms with E-state index in [0.717, 1.165) is 0 Å². The Morgan fingerprint density at radius 1 is 1.03 bits per heavy atom. The van der Waals surface area contributed by atoms with E-state index in [1.807, 2.05) is 0 Å². The van der Waals surface area contributed by atoms with Crippen LogP contribution < -0.4 is 9.64 Å². The second-order valence-electron chi connectivity index (χ2n) is 6.41. The Bertz CT molecular complexity index is 991. The van der Waals surface area contributed by atoms with Crippen LogP contribution >= 0.6 is 27.5 Å². The van der Waals surface area contributed by atoms with E-state index in [2.05, 4.69) is 4.74 Å². The molecule has 0 saturated carbocycles. The largest absolute Gasteiger partial charge is 0.433 e. The summed E-state index contributed by atoms with van der Waals surface area (Å²) in [7, 11) is 0. The highest BCUT2D eigenvalue weighted by Crippen LogP contribution is 2.57. The number of rotatable bonds is 5. The Morgan fingerprint density at radius 2 is 1.68 bits per heavy atom. The summed E-state index contributed by atoms with van der Waals surface area (Å²) in [6, 6.07) is 7.03. The monoisotopic (exact) mass is 535 g/mol. The Hall–Kier alpha value is -2.01. The number of para-hydroxylation sites is 1. The molecule has 1 aliphatic rings. The van der Waals surface area contributed by atoms with Gasteiger partial charge in [-0.1, -0.05) is 42.0 Å². The number of fused-ring (bicyclic) bond motifs is 1. The molecule has 12 heteroatoms. The van der Waals surface area contributed by atoms with Gasteiger partial charge in [0.25, 0.3) is 0 Å². The molecule has 2 aromatic rings. The third-order valence-corrected chi connectivity index (χ3v) is 5.34. The maximum absolute atomic E-state index is 14.8. The normalized spacial score (nSPS) is 16.3. The highest BCUT2D eigenvalue weighted by Gasteiger charge is 2.71. The van der Waals surface area contributed by atoms with Crippen LogP contribution in [0.25, 0.3) is 6.08 Å². The number of anilines is 2. The lowest BCUT2D eigenvalue weighted by Crippen LogP contribution is -2.49. The lowest BCUT2D eigenvalue weighted by molar-refractivity contribution is -0.282. The molecule has 0 saturated heterocycles. The first-order valence-corrected chi connectivity index (χ1v) is 9.58. The summed E-state index contributed by atoms with van der Waals surface area (Å²) in [6.45, 7) is -3.50. The number of hydrogen-bond donors (Lipinski definition) is 0. The summed E-state index contributed by atoms with van der Waals surface area (Å²) in [5.41, 5.74) is -6.25. The Morgan fingerprint density at radius 3 is 2.26 bits per heavy atom. The molecule has 1 unspecified atom stereocenters. The summed E-state index contributed by atoms with van der Waals surface area (Å²) >= 11 is 7.45.